The van der Waals surface area contributed by atoms with Gasteiger partial charge in [-0.2, -0.15) is 13.2 Å². The van der Waals surface area contributed by atoms with Gasteiger partial charge in [0.25, 0.3) is 5.91 Å². The number of fused-ring (bicyclic) bond motifs is 1. The topological polar surface area (TPSA) is 103 Å². The number of halogens is 4. The number of hydrogen-bond acceptors (Lipinski definition) is 7. The highest BCUT2D eigenvalue weighted by molar-refractivity contribution is 6.28. The summed E-state index contributed by atoms with van der Waals surface area (Å²) < 4.78 is 50.6. The van der Waals surface area contributed by atoms with E-state index in [4.69, 9.17) is 26.8 Å². The van der Waals surface area contributed by atoms with Crippen LogP contribution in [0.25, 0.3) is 0 Å². The zero-order valence-corrected chi connectivity index (χ0v) is 21.3. The molecule has 1 unspecified atom stereocenters. The minimum atomic E-state index is -4.51. The van der Waals surface area contributed by atoms with Crippen molar-refractivity contribution >= 4 is 29.0 Å². The first-order valence-electron chi connectivity index (χ1n) is 11.8. The maximum Gasteiger partial charge on any atom is 0.416 e. The van der Waals surface area contributed by atoms with Crippen LogP contribution in [-0.2, 0) is 40.0 Å². The lowest BCUT2D eigenvalue weighted by atomic mass is 9.93. The van der Waals surface area contributed by atoms with Gasteiger partial charge in [0, 0.05) is 44.5 Å². The van der Waals surface area contributed by atoms with Crippen LogP contribution in [0.3, 0.4) is 0 Å². The molecule has 4 rings (SSSR count). The summed E-state index contributed by atoms with van der Waals surface area (Å²) in [5.74, 6) is 0.182. The fraction of sp³-hybridized carbons (Fsp3) is 0.542. The standard InChI is InChI=1S/C22H25ClF3N5O3.C2H6/c1-33-21(4-2-6-34-12-21)19(32)31-5-3-17-16(11-31)18(30-20(23)29-17)28-10-13-7-14(22(24,25)26)9-15(27)8-13;1-2/h7-9H,2-6,10-12,27H2,1H3,(H,28,29,30);1-2H3. The molecule has 0 saturated carbocycles. The zero-order valence-electron chi connectivity index (χ0n) is 20.5. The van der Waals surface area contributed by atoms with Crippen molar-refractivity contribution in [2.24, 2.45) is 0 Å². The van der Waals surface area contributed by atoms with Crippen LogP contribution in [0, 0.1) is 0 Å². The number of nitrogens with zero attached hydrogens (tertiary/aromatic N) is 3. The summed E-state index contributed by atoms with van der Waals surface area (Å²) in [4.78, 5) is 23.5. The molecule has 3 N–H and O–H groups in total. The predicted molar refractivity (Wildman–Crippen MR) is 130 cm³/mol. The Labute approximate surface area is 213 Å². The summed E-state index contributed by atoms with van der Waals surface area (Å²) in [6.45, 7) is 5.43. The van der Waals surface area contributed by atoms with E-state index in [-0.39, 0.29) is 36.6 Å². The number of nitrogens with two attached hydrogens (primary N) is 1. The van der Waals surface area contributed by atoms with Gasteiger partial charge in [-0.15, -0.1) is 0 Å². The van der Waals surface area contributed by atoms with Crippen molar-refractivity contribution in [3.63, 3.8) is 0 Å². The van der Waals surface area contributed by atoms with Crippen molar-refractivity contribution in [1.82, 2.24) is 14.9 Å². The van der Waals surface area contributed by atoms with E-state index in [0.717, 1.165) is 18.6 Å². The van der Waals surface area contributed by atoms with Gasteiger partial charge in [-0.05, 0) is 48.2 Å². The molecule has 0 radical (unpaired) electrons. The fourth-order valence-electron chi connectivity index (χ4n) is 4.35. The summed E-state index contributed by atoms with van der Waals surface area (Å²) in [6, 6.07) is 3.37. The number of alkyl halides is 3. The highest BCUT2D eigenvalue weighted by atomic mass is 35.5. The van der Waals surface area contributed by atoms with E-state index in [1.54, 1.807) is 4.90 Å². The van der Waals surface area contributed by atoms with Crippen LogP contribution >= 0.6 is 11.6 Å². The van der Waals surface area contributed by atoms with Gasteiger partial charge in [0.1, 0.15) is 5.82 Å². The van der Waals surface area contributed by atoms with Gasteiger partial charge in [0.15, 0.2) is 5.60 Å². The van der Waals surface area contributed by atoms with Crippen molar-refractivity contribution in [1.29, 1.82) is 0 Å². The Morgan fingerprint density at radius 3 is 2.69 bits per heavy atom. The number of carbonyl (C=O) groups excluding carboxylic acids is 1. The van der Waals surface area contributed by atoms with Crippen molar-refractivity contribution in [2.75, 3.05) is 37.9 Å². The first-order chi connectivity index (χ1) is 17.1. The summed E-state index contributed by atoms with van der Waals surface area (Å²) >= 11 is 6.09. The molecule has 1 saturated heterocycles. The molecule has 2 aliphatic heterocycles. The van der Waals surface area contributed by atoms with Crippen LogP contribution in [0.5, 0.6) is 0 Å². The molecule has 1 aromatic carbocycles. The van der Waals surface area contributed by atoms with Gasteiger partial charge in [-0.25, -0.2) is 9.97 Å². The molecular weight excluding hydrogens is 499 g/mol. The largest absolute Gasteiger partial charge is 0.416 e. The molecule has 1 aromatic heterocycles. The Hall–Kier alpha value is -2.63. The van der Waals surface area contributed by atoms with Gasteiger partial charge in [0.2, 0.25) is 5.28 Å². The SMILES string of the molecule is CC.COC1(C(=O)N2CCc3nc(Cl)nc(NCc4cc(N)cc(C(F)(F)F)c4)c3C2)CCCOC1. The van der Waals surface area contributed by atoms with E-state index in [0.29, 0.717) is 48.6 Å². The number of nitrogens with one attached hydrogen (secondary N) is 1. The average Bonchev–Trinajstić information content (AvgIpc) is 2.87. The second-order valence-corrected chi connectivity index (χ2v) is 8.75. The number of benzene rings is 1. The van der Waals surface area contributed by atoms with Crippen LogP contribution < -0.4 is 11.1 Å². The molecule has 1 fully saturated rings. The van der Waals surface area contributed by atoms with Crippen LogP contribution in [0.15, 0.2) is 18.2 Å². The summed E-state index contributed by atoms with van der Waals surface area (Å²) in [6.07, 6.45) is -2.78. The van der Waals surface area contributed by atoms with Crippen molar-refractivity contribution < 1.29 is 27.4 Å². The van der Waals surface area contributed by atoms with Crippen molar-refractivity contribution in [2.45, 2.75) is 58.0 Å². The first-order valence-corrected chi connectivity index (χ1v) is 12.2. The van der Waals surface area contributed by atoms with Gasteiger partial charge in [-0.1, -0.05) is 13.8 Å². The number of ether oxygens (including phenoxy) is 2. The molecule has 0 bridgehead atoms. The molecule has 36 heavy (non-hydrogen) atoms. The molecule has 1 atom stereocenters. The molecule has 2 aliphatic rings. The van der Waals surface area contributed by atoms with Gasteiger partial charge < -0.3 is 25.4 Å². The second-order valence-electron chi connectivity index (χ2n) is 8.41. The number of nitrogen functional groups attached to an aromatic ring is 1. The minimum absolute atomic E-state index is 0.00529. The highest BCUT2D eigenvalue weighted by Crippen LogP contribution is 2.33. The lowest BCUT2D eigenvalue weighted by molar-refractivity contribution is -0.172. The van der Waals surface area contributed by atoms with Crippen molar-refractivity contribution in [3.05, 3.63) is 45.9 Å². The van der Waals surface area contributed by atoms with Gasteiger partial charge >= 0.3 is 6.18 Å². The number of methoxy groups -OCH3 is 1. The summed E-state index contributed by atoms with van der Waals surface area (Å²) in [5, 5.41) is 3.06. The lowest BCUT2D eigenvalue weighted by Gasteiger charge is -2.40. The zero-order chi connectivity index (χ0) is 26.5. The smallest absolute Gasteiger partial charge is 0.399 e. The molecule has 3 heterocycles. The van der Waals surface area contributed by atoms with Crippen LogP contribution in [0.2, 0.25) is 5.28 Å². The third kappa shape index (κ3) is 6.19. The van der Waals surface area contributed by atoms with E-state index in [9.17, 15) is 18.0 Å². The van der Waals surface area contributed by atoms with Gasteiger partial charge in [0.05, 0.1) is 24.4 Å². The first kappa shape index (κ1) is 27.9. The highest BCUT2D eigenvalue weighted by Gasteiger charge is 2.44. The van der Waals surface area contributed by atoms with E-state index >= 15 is 0 Å². The molecule has 0 aliphatic carbocycles. The third-order valence-electron chi connectivity index (χ3n) is 6.11. The Kier molecular flexibility index (Phi) is 9.02. The Balaban J connectivity index is 0.00000176. The quantitative estimate of drug-likeness (QED) is 0.436. The number of carbonyl (C=O) groups is 1. The normalized spacial score (nSPS) is 19.7. The molecule has 8 nitrogen and oxygen atoms in total. The minimum Gasteiger partial charge on any atom is -0.399 e. The van der Waals surface area contributed by atoms with E-state index in [2.05, 4.69) is 15.3 Å². The fourth-order valence-corrected chi connectivity index (χ4v) is 4.53. The maximum absolute atomic E-state index is 13.4. The lowest BCUT2D eigenvalue weighted by Crippen LogP contribution is -2.55. The van der Waals surface area contributed by atoms with Gasteiger partial charge in [-0.3, -0.25) is 4.79 Å². The Bertz CT molecular complexity index is 1080. The van der Waals surface area contributed by atoms with E-state index < -0.39 is 17.3 Å². The average molecular weight is 530 g/mol. The predicted octanol–water partition coefficient (Wildman–Crippen LogP) is 4.45. The number of anilines is 2. The molecular formula is C24H31ClF3N5O3. The number of amides is 1. The number of hydrogen-bond donors (Lipinski definition) is 2. The van der Waals surface area contributed by atoms with E-state index in [1.165, 1.54) is 13.2 Å². The molecule has 0 spiro atoms. The Morgan fingerprint density at radius 2 is 2.06 bits per heavy atom. The Morgan fingerprint density at radius 1 is 1.31 bits per heavy atom. The van der Waals surface area contributed by atoms with Crippen LogP contribution in [0.4, 0.5) is 24.7 Å². The molecule has 198 valence electrons. The second kappa shape index (κ2) is 11.6. The maximum atomic E-state index is 13.4. The molecule has 12 heteroatoms. The monoisotopic (exact) mass is 529 g/mol. The van der Waals surface area contributed by atoms with Crippen LogP contribution in [-0.4, -0.2) is 53.2 Å². The summed E-state index contributed by atoms with van der Waals surface area (Å²) in [5.41, 5.74) is 5.48. The molecule has 2 aromatic rings. The molecule has 1 amide bonds. The third-order valence-corrected chi connectivity index (χ3v) is 6.28. The number of aromatic nitrogens is 2. The number of rotatable bonds is 5. The summed E-state index contributed by atoms with van der Waals surface area (Å²) in [7, 11) is 1.50. The van der Waals surface area contributed by atoms with Crippen molar-refractivity contribution in [3.8, 4) is 0 Å². The van der Waals surface area contributed by atoms with E-state index in [1.807, 2.05) is 13.8 Å². The van der Waals surface area contributed by atoms with Crippen LogP contribution in [0.1, 0.15) is 49.1 Å².